The zero-order valence-corrected chi connectivity index (χ0v) is 12.9. The minimum Gasteiger partial charge on any atom is -0.395 e. The topological polar surface area (TPSA) is 72.9 Å². The van der Waals surface area contributed by atoms with E-state index >= 15 is 0 Å². The Balaban J connectivity index is 2.10. The van der Waals surface area contributed by atoms with Crippen molar-refractivity contribution in [2.75, 3.05) is 5.73 Å². The van der Waals surface area contributed by atoms with E-state index in [1.54, 1.807) is 11.7 Å². The van der Waals surface area contributed by atoms with Crippen molar-refractivity contribution in [1.82, 2.24) is 15.1 Å². The number of rotatable bonds is 3. The van der Waals surface area contributed by atoms with Crippen LogP contribution in [0, 0.1) is 11.8 Å². The predicted molar refractivity (Wildman–Crippen MR) is 80.4 cm³/mol. The molecule has 1 aliphatic carbocycles. The average Bonchev–Trinajstić information content (AvgIpc) is 2.62. The summed E-state index contributed by atoms with van der Waals surface area (Å²) in [5, 5.41) is 7.44. The highest BCUT2D eigenvalue weighted by Crippen LogP contribution is 2.29. The Morgan fingerprint density at radius 1 is 1.35 bits per heavy atom. The summed E-state index contributed by atoms with van der Waals surface area (Å²) in [6.07, 6.45) is 4.09. The third-order valence-electron chi connectivity index (χ3n) is 4.22. The van der Waals surface area contributed by atoms with Crippen LogP contribution in [0.2, 0.25) is 0 Å². The Morgan fingerprint density at radius 3 is 2.45 bits per heavy atom. The van der Waals surface area contributed by atoms with E-state index in [1.807, 2.05) is 6.92 Å². The Bertz CT molecular complexity index is 484. The van der Waals surface area contributed by atoms with Crippen LogP contribution >= 0.6 is 0 Å². The molecule has 1 heterocycles. The molecule has 0 aromatic carbocycles. The number of anilines is 1. The molecule has 2 rings (SSSR count). The van der Waals surface area contributed by atoms with Gasteiger partial charge in [0.15, 0.2) is 0 Å². The van der Waals surface area contributed by atoms with E-state index in [1.165, 1.54) is 6.42 Å². The van der Waals surface area contributed by atoms with E-state index < -0.39 is 0 Å². The maximum absolute atomic E-state index is 12.4. The Hall–Kier alpha value is -1.52. The fourth-order valence-electron chi connectivity index (χ4n) is 3.44. The van der Waals surface area contributed by atoms with Crippen molar-refractivity contribution in [3.63, 3.8) is 0 Å². The van der Waals surface area contributed by atoms with Crippen LogP contribution in [-0.2, 0) is 13.5 Å². The van der Waals surface area contributed by atoms with Gasteiger partial charge < -0.3 is 11.1 Å². The molecule has 1 amide bonds. The highest BCUT2D eigenvalue weighted by Gasteiger charge is 2.27. The van der Waals surface area contributed by atoms with Crippen molar-refractivity contribution in [2.45, 2.75) is 52.5 Å². The van der Waals surface area contributed by atoms with Gasteiger partial charge >= 0.3 is 0 Å². The van der Waals surface area contributed by atoms with Gasteiger partial charge in [-0.1, -0.05) is 20.8 Å². The highest BCUT2D eigenvalue weighted by molar-refractivity contribution is 5.98. The molecule has 1 fully saturated rings. The zero-order chi connectivity index (χ0) is 14.9. The Morgan fingerprint density at radius 2 is 1.95 bits per heavy atom. The number of hydrogen-bond donors (Lipinski definition) is 2. The van der Waals surface area contributed by atoms with Gasteiger partial charge in [-0.25, -0.2) is 0 Å². The summed E-state index contributed by atoms with van der Waals surface area (Å²) < 4.78 is 1.60. The van der Waals surface area contributed by atoms with Gasteiger partial charge in [0.1, 0.15) is 5.69 Å². The smallest absolute Gasteiger partial charge is 0.271 e. The first-order valence-electron chi connectivity index (χ1n) is 7.54. The lowest BCUT2D eigenvalue weighted by molar-refractivity contribution is 0.0902. The van der Waals surface area contributed by atoms with E-state index in [-0.39, 0.29) is 11.9 Å². The van der Waals surface area contributed by atoms with Crippen LogP contribution in [0.5, 0.6) is 0 Å². The maximum atomic E-state index is 12.4. The lowest BCUT2D eigenvalue weighted by atomic mass is 9.80. The van der Waals surface area contributed by atoms with Crippen LogP contribution in [0.15, 0.2) is 0 Å². The second-order valence-electron chi connectivity index (χ2n) is 6.27. The largest absolute Gasteiger partial charge is 0.395 e. The highest BCUT2D eigenvalue weighted by atomic mass is 16.2. The minimum absolute atomic E-state index is 0.0940. The number of nitrogens with zero attached hydrogens (tertiary/aromatic N) is 2. The first kappa shape index (κ1) is 14.9. The zero-order valence-electron chi connectivity index (χ0n) is 12.9. The molecule has 1 aliphatic rings. The average molecular weight is 278 g/mol. The summed E-state index contributed by atoms with van der Waals surface area (Å²) >= 11 is 0. The van der Waals surface area contributed by atoms with Crippen molar-refractivity contribution in [3.05, 3.63) is 11.4 Å². The van der Waals surface area contributed by atoms with E-state index in [0.29, 0.717) is 23.2 Å². The number of carbonyl (C=O) groups is 1. The maximum Gasteiger partial charge on any atom is 0.271 e. The predicted octanol–water partition coefficient (Wildman–Crippen LogP) is 2.12. The van der Waals surface area contributed by atoms with Gasteiger partial charge in [0.25, 0.3) is 5.91 Å². The van der Waals surface area contributed by atoms with E-state index in [4.69, 9.17) is 5.73 Å². The molecule has 5 nitrogen and oxygen atoms in total. The molecule has 0 radical (unpaired) electrons. The van der Waals surface area contributed by atoms with Crippen molar-refractivity contribution in [3.8, 4) is 0 Å². The Labute approximate surface area is 120 Å². The van der Waals surface area contributed by atoms with Gasteiger partial charge in [-0.05, 0) is 37.5 Å². The molecule has 2 unspecified atom stereocenters. The number of hydrogen-bond acceptors (Lipinski definition) is 3. The van der Waals surface area contributed by atoms with Gasteiger partial charge in [0.2, 0.25) is 0 Å². The van der Waals surface area contributed by atoms with E-state index in [9.17, 15) is 4.79 Å². The number of nitrogen functional groups attached to an aromatic ring is 1. The molecular weight excluding hydrogens is 252 g/mol. The molecule has 2 atom stereocenters. The molecule has 3 N–H and O–H groups in total. The number of nitrogens with one attached hydrogen (secondary N) is 1. The molecule has 0 aliphatic heterocycles. The quantitative estimate of drug-likeness (QED) is 0.889. The lowest BCUT2D eigenvalue weighted by Crippen LogP contribution is -2.40. The fraction of sp³-hybridized carbons (Fsp3) is 0.733. The van der Waals surface area contributed by atoms with Crippen molar-refractivity contribution in [2.24, 2.45) is 18.9 Å². The molecular formula is C15H26N4O. The fourth-order valence-corrected chi connectivity index (χ4v) is 3.44. The molecule has 5 heteroatoms. The number of carbonyl (C=O) groups excluding carboxylic acids is 1. The number of nitrogens with two attached hydrogens (primary N) is 1. The van der Waals surface area contributed by atoms with Crippen LogP contribution in [-0.4, -0.2) is 21.7 Å². The molecule has 1 aromatic heterocycles. The van der Waals surface area contributed by atoms with E-state index in [2.05, 4.69) is 24.3 Å². The third kappa shape index (κ3) is 2.97. The molecule has 112 valence electrons. The normalized spacial score (nSPS) is 26.5. The summed E-state index contributed by atoms with van der Waals surface area (Å²) in [7, 11) is 1.77. The standard InChI is InChI=1S/C15H26N4O/c1-5-12-13(16)14(19(4)18-12)15(20)17-11-7-9(2)6-10(3)8-11/h9-11H,5-8,16H2,1-4H3,(H,17,20). The Kier molecular flexibility index (Phi) is 4.35. The lowest BCUT2D eigenvalue weighted by Gasteiger charge is -2.31. The van der Waals surface area contributed by atoms with Crippen LogP contribution < -0.4 is 11.1 Å². The van der Waals surface area contributed by atoms with Crippen LogP contribution in [0.4, 0.5) is 5.69 Å². The van der Waals surface area contributed by atoms with Gasteiger partial charge in [-0.15, -0.1) is 0 Å². The van der Waals surface area contributed by atoms with Gasteiger partial charge in [-0.2, -0.15) is 5.10 Å². The monoisotopic (exact) mass is 278 g/mol. The third-order valence-corrected chi connectivity index (χ3v) is 4.22. The van der Waals surface area contributed by atoms with Crippen LogP contribution in [0.1, 0.15) is 56.2 Å². The molecule has 0 saturated heterocycles. The first-order valence-corrected chi connectivity index (χ1v) is 7.54. The van der Waals surface area contributed by atoms with Crippen molar-refractivity contribution >= 4 is 11.6 Å². The van der Waals surface area contributed by atoms with Gasteiger partial charge in [0.05, 0.1) is 11.4 Å². The van der Waals surface area contributed by atoms with Crippen molar-refractivity contribution in [1.29, 1.82) is 0 Å². The van der Waals surface area contributed by atoms with E-state index in [0.717, 1.165) is 25.0 Å². The summed E-state index contributed by atoms with van der Waals surface area (Å²) in [6.45, 7) is 6.50. The summed E-state index contributed by atoms with van der Waals surface area (Å²) in [5.74, 6) is 1.24. The molecule has 20 heavy (non-hydrogen) atoms. The van der Waals surface area contributed by atoms with Crippen LogP contribution in [0.25, 0.3) is 0 Å². The number of aryl methyl sites for hydroxylation is 2. The van der Waals surface area contributed by atoms with Crippen molar-refractivity contribution < 1.29 is 4.79 Å². The molecule has 0 spiro atoms. The second kappa shape index (κ2) is 5.85. The summed E-state index contributed by atoms with van der Waals surface area (Å²) in [4.78, 5) is 12.4. The second-order valence-corrected chi connectivity index (χ2v) is 6.27. The SMILES string of the molecule is CCc1nn(C)c(C(=O)NC2CC(C)CC(C)C2)c1N. The number of aromatic nitrogens is 2. The minimum atomic E-state index is -0.0940. The van der Waals surface area contributed by atoms with Gasteiger partial charge in [0, 0.05) is 13.1 Å². The van der Waals surface area contributed by atoms with Crippen LogP contribution in [0.3, 0.4) is 0 Å². The molecule has 1 aromatic rings. The first-order chi connectivity index (χ1) is 9.42. The molecule has 1 saturated carbocycles. The number of amides is 1. The summed E-state index contributed by atoms with van der Waals surface area (Å²) in [6, 6.07) is 0.251. The summed E-state index contributed by atoms with van der Waals surface area (Å²) in [5.41, 5.74) is 7.84. The molecule has 0 bridgehead atoms. The van der Waals surface area contributed by atoms with Gasteiger partial charge in [-0.3, -0.25) is 9.48 Å².